The number of fused-ring (bicyclic) bond motifs is 1. The van der Waals surface area contributed by atoms with E-state index in [2.05, 4.69) is 25.5 Å². The van der Waals surface area contributed by atoms with Crippen molar-refractivity contribution in [2.24, 2.45) is 0 Å². The summed E-state index contributed by atoms with van der Waals surface area (Å²) in [5.41, 5.74) is 1.85. The molecule has 1 aliphatic carbocycles. The van der Waals surface area contributed by atoms with E-state index in [1.54, 1.807) is 0 Å². The van der Waals surface area contributed by atoms with Crippen LogP contribution in [0.25, 0.3) is 21.3 Å². The van der Waals surface area contributed by atoms with Crippen LogP contribution in [0, 0.1) is 0 Å². The number of benzene rings is 1. The molecule has 0 unspecified atom stereocenters. The molecular weight excluding hydrogens is 368 g/mol. The van der Waals surface area contributed by atoms with Gasteiger partial charge in [-0.1, -0.05) is 42.1 Å². The molecule has 0 atom stereocenters. The number of thioether (sulfide) groups is 1. The first-order chi connectivity index (χ1) is 12.8. The molecule has 9 heteroatoms. The number of H-pyrrole nitrogens is 1. The molecule has 0 saturated heterocycles. The Morgan fingerprint density at radius 3 is 2.92 bits per heavy atom. The lowest BCUT2D eigenvalue weighted by Gasteiger charge is -2.03. The van der Waals surface area contributed by atoms with Gasteiger partial charge in [-0.05, 0) is 28.8 Å². The Hall–Kier alpha value is -2.52. The van der Waals surface area contributed by atoms with Crippen LogP contribution < -0.4 is 5.56 Å². The number of tetrazole rings is 1. The van der Waals surface area contributed by atoms with E-state index in [0.29, 0.717) is 23.0 Å². The lowest BCUT2D eigenvalue weighted by Crippen LogP contribution is -2.11. The summed E-state index contributed by atoms with van der Waals surface area (Å²) < 4.78 is 1.86. The van der Waals surface area contributed by atoms with Gasteiger partial charge >= 0.3 is 0 Å². The largest absolute Gasteiger partial charge is 0.309 e. The van der Waals surface area contributed by atoms with Gasteiger partial charge in [0.1, 0.15) is 10.7 Å². The van der Waals surface area contributed by atoms with E-state index in [4.69, 9.17) is 0 Å². The van der Waals surface area contributed by atoms with Crippen LogP contribution >= 0.6 is 23.1 Å². The fourth-order valence-corrected chi connectivity index (χ4v) is 4.64. The molecule has 1 saturated carbocycles. The van der Waals surface area contributed by atoms with Crippen LogP contribution in [0.2, 0.25) is 0 Å². The first-order valence-electron chi connectivity index (χ1n) is 8.26. The van der Waals surface area contributed by atoms with Crippen LogP contribution in [0.3, 0.4) is 0 Å². The molecular formula is C17H14N6OS2. The molecule has 0 amide bonds. The lowest BCUT2D eigenvalue weighted by molar-refractivity contribution is 0.565. The van der Waals surface area contributed by atoms with Crippen LogP contribution in [0.15, 0.2) is 45.7 Å². The summed E-state index contributed by atoms with van der Waals surface area (Å²) in [6, 6.07) is 10.3. The Morgan fingerprint density at radius 1 is 1.27 bits per heavy atom. The van der Waals surface area contributed by atoms with Crippen molar-refractivity contribution in [1.82, 2.24) is 30.2 Å². The number of nitrogens with zero attached hydrogens (tertiary/aromatic N) is 5. The topological polar surface area (TPSA) is 89.4 Å². The summed E-state index contributed by atoms with van der Waals surface area (Å²) in [4.78, 5) is 21.0. The molecule has 130 valence electrons. The Morgan fingerprint density at radius 2 is 2.12 bits per heavy atom. The van der Waals surface area contributed by atoms with Crippen molar-refractivity contribution < 1.29 is 0 Å². The first kappa shape index (κ1) is 15.7. The number of hydrogen-bond donors (Lipinski definition) is 1. The maximum atomic E-state index is 12.7. The van der Waals surface area contributed by atoms with E-state index in [0.717, 1.165) is 34.0 Å². The molecule has 7 nitrogen and oxygen atoms in total. The zero-order chi connectivity index (χ0) is 17.5. The summed E-state index contributed by atoms with van der Waals surface area (Å²) in [5, 5.41) is 15.3. The molecule has 3 aromatic heterocycles. The van der Waals surface area contributed by atoms with Gasteiger partial charge in [0.25, 0.3) is 5.56 Å². The number of aromatic amines is 1. The molecule has 0 bridgehead atoms. The number of nitrogens with one attached hydrogen (secondary N) is 1. The molecule has 5 rings (SSSR count). The number of aromatic nitrogens is 6. The molecule has 26 heavy (non-hydrogen) atoms. The minimum atomic E-state index is -0.104. The maximum Gasteiger partial charge on any atom is 0.260 e. The number of rotatable bonds is 5. The summed E-state index contributed by atoms with van der Waals surface area (Å²) in [6.45, 7) is 0. The second-order valence-electron chi connectivity index (χ2n) is 6.13. The van der Waals surface area contributed by atoms with E-state index < -0.39 is 0 Å². The molecule has 1 fully saturated rings. The fraction of sp³-hybridized carbons (Fsp3) is 0.235. The smallest absolute Gasteiger partial charge is 0.260 e. The summed E-state index contributed by atoms with van der Waals surface area (Å²) >= 11 is 2.99. The second-order valence-corrected chi connectivity index (χ2v) is 7.93. The Kier molecular flexibility index (Phi) is 3.83. The Balaban J connectivity index is 1.45. The third-order valence-corrected chi connectivity index (χ3v) is 6.09. The Bertz CT molecular complexity index is 1130. The number of thiophene rings is 1. The van der Waals surface area contributed by atoms with Gasteiger partial charge in [0.15, 0.2) is 0 Å². The predicted octanol–water partition coefficient (Wildman–Crippen LogP) is 3.27. The van der Waals surface area contributed by atoms with Gasteiger partial charge in [-0.3, -0.25) is 4.79 Å². The molecule has 0 spiro atoms. The third kappa shape index (κ3) is 2.82. The first-order valence-corrected chi connectivity index (χ1v) is 10.1. The molecule has 3 heterocycles. The summed E-state index contributed by atoms with van der Waals surface area (Å²) in [7, 11) is 0. The van der Waals surface area contributed by atoms with Crippen molar-refractivity contribution in [3.05, 3.63) is 51.9 Å². The zero-order valence-electron chi connectivity index (χ0n) is 13.6. The van der Waals surface area contributed by atoms with Gasteiger partial charge in [0.05, 0.1) is 17.2 Å². The minimum Gasteiger partial charge on any atom is -0.309 e. The number of hydrogen-bond acceptors (Lipinski definition) is 7. The molecule has 4 aromatic rings. The van der Waals surface area contributed by atoms with E-state index in [-0.39, 0.29) is 5.56 Å². The van der Waals surface area contributed by atoms with Gasteiger partial charge in [-0.2, -0.15) is 0 Å². The van der Waals surface area contributed by atoms with Crippen molar-refractivity contribution in [3.63, 3.8) is 0 Å². The maximum absolute atomic E-state index is 12.7. The third-order valence-electron chi connectivity index (χ3n) is 4.27. The standard InChI is InChI=1S/C17H14N6OS2/c24-15-14-12(10-4-2-1-3-5-10)8-25-16(14)19-13(18-15)9-26-17-20-21-22-23(17)11-6-7-11/h1-5,8,11H,6-7,9H2,(H,18,19,24). The minimum absolute atomic E-state index is 0.104. The van der Waals surface area contributed by atoms with E-state index in [1.165, 1.54) is 23.1 Å². The van der Waals surface area contributed by atoms with Gasteiger partial charge in [0, 0.05) is 10.9 Å². The quantitative estimate of drug-likeness (QED) is 0.533. The van der Waals surface area contributed by atoms with Crippen molar-refractivity contribution in [2.75, 3.05) is 0 Å². The molecule has 1 N–H and O–H groups in total. The lowest BCUT2D eigenvalue weighted by atomic mass is 10.1. The summed E-state index contributed by atoms with van der Waals surface area (Å²) in [5.74, 6) is 1.16. The van der Waals surface area contributed by atoms with Gasteiger partial charge in [-0.15, -0.1) is 16.4 Å². The highest BCUT2D eigenvalue weighted by atomic mass is 32.2. The highest BCUT2D eigenvalue weighted by molar-refractivity contribution is 7.98. The normalized spacial score (nSPS) is 14.2. The Labute approximate surface area is 156 Å². The van der Waals surface area contributed by atoms with Crippen molar-refractivity contribution >= 4 is 33.3 Å². The van der Waals surface area contributed by atoms with Crippen LogP contribution in [0.4, 0.5) is 0 Å². The van der Waals surface area contributed by atoms with Gasteiger partial charge < -0.3 is 4.98 Å². The SMILES string of the molecule is O=c1[nH]c(CSc2nnnn2C2CC2)nc2scc(-c3ccccc3)c12. The highest BCUT2D eigenvalue weighted by Gasteiger charge is 2.28. The zero-order valence-corrected chi connectivity index (χ0v) is 15.3. The van der Waals surface area contributed by atoms with Gasteiger partial charge in [-0.25, -0.2) is 9.67 Å². The average molecular weight is 382 g/mol. The van der Waals surface area contributed by atoms with E-state index >= 15 is 0 Å². The highest BCUT2D eigenvalue weighted by Crippen LogP contribution is 2.37. The summed E-state index contributed by atoms with van der Waals surface area (Å²) in [6.07, 6.45) is 2.24. The van der Waals surface area contributed by atoms with Crippen LogP contribution in [-0.2, 0) is 5.75 Å². The monoisotopic (exact) mass is 382 g/mol. The molecule has 1 aromatic carbocycles. The van der Waals surface area contributed by atoms with Crippen molar-refractivity contribution in [1.29, 1.82) is 0 Å². The van der Waals surface area contributed by atoms with Crippen molar-refractivity contribution in [2.45, 2.75) is 29.8 Å². The molecule has 0 aliphatic heterocycles. The molecule has 0 radical (unpaired) electrons. The van der Waals surface area contributed by atoms with Crippen LogP contribution in [0.1, 0.15) is 24.7 Å². The van der Waals surface area contributed by atoms with E-state index in [9.17, 15) is 4.79 Å². The van der Waals surface area contributed by atoms with E-state index in [1.807, 2.05) is 40.4 Å². The predicted molar refractivity (Wildman–Crippen MR) is 101 cm³/mol. The van der Waals surface area contributed by atoms with Crippen LogP contribution in [-0.4, -0.2) is 30.2 Å². The fourth-order valence-electron chi connectivity index (χ4n) is 2.85. The average Bonchev–Trinajstić information content (AvgIpc) is 3.24. The molecule has 1 aliphatic rings. The second kappa shape index (κ2) is 6.33. The van der Waals surface area contributed by atoms with Gasteiger partial charge in [0.2, 0.25) is 5.16 Å². The van der Waals surface area contributed by atoms with Crippen molar-refractivity contribution in [3.8, 4) is 11.1 Å². The van der Waals surface area contributed by atoms with Crippen LogP contribution in [0.5, 0.6) is 0 Å².